The minimum absolute atomic E-state index is 0.0883. The molecule has 0 radical (unpaired) electrons. The summed E-state index contributed by atoms with van der Waals surface area (Å²) in [6, 6.07) is 3.49. The highest BCUT2D eigenvalue weighted by atomic mass is 16.5. The number of nitrogens with zero attached hydrogens (tertiary/aromatic N) is 1. The molecule has 0 amide bonds. The van der Waals surface area contributed by atoms with Gasteiger partial charge in [0.25, 0.3) is 0 Å². The van der Waals surface area contributed by atoms with Crippen molar-refractivity contribution in [1.82, 2.24) is 4.98 Å². The summed E-state index contributed by atoms with van der Waals surface area (Å²) in [6.07, 6.45) is 6.26. The van der Waals surface area contributed by atoms with E-state index >= 15 is 0 Å². The number of rotatable bonds is 3. The number of carbonyl (C=O) groups is 1. The van der Waals surface area contributed by atoms with Gasteiger partial charge in [0, 0.05) is 6.20 Å². The van der Waals surface area contributed by atoms with Crippen LogP contribution in [0.15, 0.2) is 18.3 Å². The molecule has 1 heterocycles. The van der Waals surface area contributed by atoms with Crippen molar-refractivity contribution in [3.05, 3.63) is 24.0 Å². The summed E-state index contributed by atoms with van der Waals surface area (Å²) in [6.45, 7) is 0. The van der Waals surface area contributed by atoms with Gasteiger partial charge in [-0.2, -0.15) is 0 Å². The summed E-state index contributed by atoms with van der Waals surface area (Å²) >= 11 is 0. The first kappa shape index (κ1) is 12.0. The van der Waals surface area contributed by atoms with Crippen LogP contribution < -0.4 is 10.5 Å². The molecule has 1 aliphatic rings. The van der Waals surface area contributed by atoms with Gasteiger partial charge in [-0.3, -0.25) is 4.79 Å². The summed E-state index contributed by atoms with van der Waals surface area (Å²) in [4.78, 5) is 16.5. The number of pyridine rings is 1. The van der Waals surface area contributed by atoms with E-state index in [9.17, 15) is 4.79 Å². The molecule has 0 saturated heterocycles. The molecule has 2 N–H and O–H groups in total. The number of ether oxygens (including phenoxy) is 1. The Morgan fingerprint density at radius 1 is 1.41 bits per heavy atom. The highest BCUT2D eigenvalue weighted by Gasteiger charge is 2.37. The van der Waals surface area contributed by atoms with Crippen LogP contribution in [0.25, 0.3) is 0 Å². The van der Waals surface area contributed by atoms with Crippen LogP contribution in [0.5, 0.6) is 5.75 Å². The van der Waals surface area contributed by atoms with Gasteiger partial charge in [-0.15, -0.1) is 0 Å². The van der Waals surface area contributed by atoms with E-state index < -0.39 is 5.54 Å². The van der Waals surface area contributed by atoms with Crippen molar-refractivity contribution in [3.8, 4) is 5.75 Å². The molecule has 2 rings (SSSR count). The van der Waals surface area contributed by atoms with E-state index in [-0.39, 0.29) is 5.78 Å². The molecule has 0 atom stereocenters. The Bertz CT molecular complexity index is 412. The van der Waals surface area contributed by atoms with E-state index in [1.807, 2.05) is 0 Å². The Labute approximate surface area is 101 Å². The molecule has 0 aromatic carbocycles. The van der Waals surface area contributed by atoms with Crippen LogP contribution in [0.1, 0.15) is 42.6 Å². The fraction of sp³-hybridized carbons (Fsp3) is 0.538. The monoisotopic (exact) mass is 234 g/mol. The van der Waals surface area contributed by atoms with Crippen molar-refractivity contribution in [2.24, 2.45) is 5.73 Å². The third-order valence-corrected chi connectivity index (χ3v) is 3.40. The number of hydrogen-bond donors (Lipinski definition) is 1. The molecule has 1 saturated carbocycles. The third-order valence-electron chi connectivity index (χ3n) is 3.40. The molecule has 0 bridgehead atoms. The minimum Gasteiger partial charge on any atom is -0.494 e. The number of nitrogens with two attached hydrogens (primary N) is 1. The van der Waals surface area contributed by atoms with E-state index in [0.717, 1.165) is 32.1 Å². The van der Waals surface area contributed by atoms with Crippen molar-refractivity contribution < 1.29 is 9.53 Å². The summed E-state index contributed by atoms with van der Waals surface area (Å²) in [5.74, 6) is 0.419. The van der Waals surface area contributed by atoms with Gasteiger partial charge in [-0.1, -0.05) is 19.3 Å². The maximum Gasteiger partial charge on any atom is 0.204 e. The van der Waals surface area contributed by atoms with Gasteiger partial charge in [0.1, 0.15) is 11.4 Å². The second-order valence-corrected chi connectivity index (χ2v) is 4.60. The summed E-state index contributed by atoms with van der Waals surface area (Å²) in [5, 5.41) is 0. The largest absolute Gasteiger partial charge is 0.494 e. The molecule has 0 aliphatic heterocycles. The van der Waals surface area contributed by atoms with Crippen LogP contribution in [0, 0.1) is 0 Å². The van der Waals surface area contributed by atoms with Gasteiger partial charge < -0.3 is 10.5 Å². The topological polar surface area (TPSA) is 65.2 Å². The molecule has 0 spiro atoms. The predicted molar refractivity (Wildman–Crippen MR) is 65.1 cm³/mol. The molecule has 0 unspecified atom stereocenters. The highest BCUT2D eigenvalue weighted by Crippen LogP contribution is 2.30. The van der Waals surface area contributed by atoms with Crippen molar-refractivity contribution in [1.29, 1.82) is 0 Å². The summed E-state index contributed by atoms with van der Waals surface area (Å²) < 4.78 is 5.16. The predicted octanol–water partition coefficient (Wildman–Crippen LogP) is 1.93. The Kier molecular flexibility index (Phi) is 3.43. The van der Waals surface area contributed by atoms with E-state index in [0.29, 0.717) is 11.4 Å². The van der Waals surface area contributed by atoms with Crippen LogP contribution in [0.3, 0.4) is 0 Å². The average molecular weight is 234 g/mol. The van der Waals surface area contributed by atoms with E-state index in [2.05, 4.69) is 4.98 Å². The van der Waals surface area contributed by atoms with Gasteiger partial charge in [0.2, 0.25) is 5.78 Å². The lowest BCUT2D eigenvalue weighted by atomic mass is 9.78. The van der Waals surface area contributed by atoms with Gasteiger partial charge in [0.15, 0.2) is 0 Å². The Hall–Kier alpha value is -1.42. The average Bonchev–Trinajstić information content (AvgIpc) is 2.38. The molecule has 1 aliphatic carbocycles. The van der Waals surface area contributed by atoms with Gasteiger partial charge >= 0.3 is 0 Å². The zero-order chi connectivity index (χ0) is 12.3. The number of Topliss-reactive ketones (excluding diaryl/α,β-unsaturated/α-hetero) is 1. The molecule has 1 aromatic rings. The zero-order valence-corrected chi connectivity index (χ0v) is 10.1. The quantitative estimate of drug-likeness (QED) is 0.812. The highest BCUT2D eigenvalue weighted by molar-refractivity contribution is 6.03. The standard InChI is InChI=1S/C13H18N2O2/c1-17-10-6-5-9-15-11(10)12(16)13(14)7-3-2-4-8-13/h5-6,9H,2-4,7-8,14H2,1H3. The second-order valence-electron chi connectivity index (χ2n) is 4.60. The molecular weight excluding hydrogens is 216 g/mol. The van der Waals surface area contributed by atoms with Crippen LogP contribution in [0.2, 0.25) is 0 Å². The van der Waals surface area contributed by atoms with Crippen molar-refractivity contribution >= 4 is 5.78 Å². The number of carbonyl (C=O) groups excluding carboxylic acids is 1. The summed E-state index contributed by atoms with van der Waals surface area (Å²) in [7, 11) is 1.54. The smallest absolute Gasteiger partial charge is 0.204 e. The Morgan fingerprint density at radius 2 is 2.12 bits per heavy atom. The van der Waals surface area contributed by atoms with Gasteiger partial charge in [-0.25, -0.2) is 4.98 Å². The van der Waals surface area contributed by atoms with Crippen molar-refractivity contribution in [2.45, 2.75) is 37.6 Å². The second kappa shape index (κ2) is 4.84. The molecule has 1 fully saturated rings. The van der Waals surface area contributed by atoms with E-state index in [1.165, 1.54) is 7.11 Å². The first-order valence-corrected chi connectivity index (χ1v) is 6.00. The lowest BCUT2D eigenvalue weighted by Crippen LogP contribution is -2.49. The van der Waals surface area contributed by atoms with Crippen molar-refractivity contribution in [3.63, 3.8) is 0 Å². The molecule has 17 heavy (non-hydrogen) atoms. The maximum absolute atomic E-state index is 12.4. The third kappa shape index (κ3) is 2.31. The van der Waals surface area contributed by atoms with Crippen LogP contribution in [-0.2, 0) is 0 Å². The zero-order valence-electron chi connectivity index (χ0n) is 10.1. The Morgan fingerprint density at radius 3 is 2.76 bits per heavy atom. The van der Waals surface area contributed by atoms with Crippen LogP contribution in [-0.4, -0.2) is 23.4 Å². The van der Waals surface area contributed by atoms with Gasteiger partial charge in [0.05, 0.1) is 12.6 Å². The van der Waals surface area contributed by atoms with E-state index in [4.69, 9.17) is 10.5 Å². The number of ketones is 1. The van der Waals surface area contributed by atoms with Gasteiger partial charge in [-0.05, 0) is 25.0 Å². The molecule has 4 heteroatoms. The van der Waals surface area contributed by atoms with Crippen LogP contribution in [0.4, 0.5) is 0 Å². The SMILES string of the molecule is COc1cccnc1C(=O)C1(N)CCCCC1. The normalized spacial score (nSPS) is 18.7. The molecule has 1 aromatic heterocycles. The van der Waals surface area contributed by atoms with Crippen molar-refractivity contribution in [2.75, 3.05) is 7.11 Å². The first-order valence-electron chi connectivity index (χ1n) is 6.00. The maximum atomic E-state index is 12.4. The first-order chi connectivity index (χ1) is 8.17. The molecule has 92 valence electrons. The minimum atomic E-state index is -0.750. The Balaban J connectivity index is 2.29. The van der Waals surface area contributed by atoms with Crippen LogP contribution >= 0.6 is 0 Å². The lowest BCUT2D eigenvalue weighted by molar-refractivity contribution is 0.0839. The molecule has 4 nitrogen and oxygen atoms in total. The fourth-order valence-electron chi connectivity index (χ4n) is 2.37. The number of methoxy groups -OCH3 is 1. The molecular formula is C13H18N2O2. The summed E-state index contributed by atoms with van der Waals surface area (Å²) in [5.41, 5.74) is 5.82. The lowest BCUT2D eigenvalue weighted by Gasteiger charge is -2.31. The number of hydrogen-bond acceptors (Lipinski definition) is 4. The van der Waals surface area contributed by atoms with E-state index in [1.54, 1.807) is 18.3 Å². The fourth-order valence-corrected chi connectivity index (χ4v) is 2.37. The number of aromatic nitrogens is 1.